The number of hydrogen-bond acceptors (Lipinski definition) is 1. The Morgan fingerprint density at radius 1 is 1.50 bits per heavy atom. The molecule has 1 nitrogen and oxygen atoms in total. The van der Waals surface area contributed by atoms with Gasteiger partial charge in [-0.2, -0.15) is 0 Å². The average molecular weight is 273 g/mol. The van der Waals surface area contributed by atoms with Crippen LogP contribution in [0.25, 0.3) is 0 Å². The molecule has 0 heterocycles. The molecular formula is C11H11BrClN. The van der Waals surface area contributed by atoms with Crippen LogP contribution in [0.5, 0.6) is 0 Å². The fraction of sp³-hybridized carbons (Fsp3) is 0.273. The smallest absolute Gasteiger partial charge is 0.0420 e. The van der Waals surface area contributed by atoms with E-state index in [1.54, 1.807) is 6.92 Å². The maximum atomic E-state index is 5.94. The highest BCUT2D eigenvalue weighted by atomic mass is 79.9. The third-order valence-electron chi connectivity index (χ3n) is 1.81. The Balaban J connectivity index is 2.87. The lowest BCUT2D eigenvalue weighted by atomic mass is 10.1. The molecule has 0 radical (unpaired) electrons. The first-order valence-corrected chi connectivity index (χ1v) is 5.41. The van der Waals surface area contributed by atoms with Gasteiger partial charge in [0.1, 0.15) is 0 Å². The number of nitrogens with two attached hydrogens (primary N) is 1. The van der Waals surface area contributed by atoms with Crippen molar-refractivity contribution in [2.45, 2.75) is 19.4 Å². The second-order valence-corrected chi connectivity index (χ2v) is 4.29. The molecule has 1 aromatic carbocycles. The first-order valence-electron chi connectivity index (χ1n) is 4.24. The van der Waals surface area contributed by atoms with Crippen LogP contribution in [-0.2, 0) is 0 Å². The van der Waals surface area contributed by atoms with Crippen LogP contribution in [0.15, 0.2) is 22.7 Å². The molecule has 0 amide bonds. The van der Waals surface area contributed by atoms with E-state index in [-0.39, 0.29) is 6.04 Å². The van der Waals surface area contributed by atoms with Crippen molar-refractivity contribution in [2.24, 2.45) is 5.73 Å². The highest BCUT2D eigenvalue weighted by Gasteiger charge is 2.05. The molecule has 3 heteroatoms. The minimum atomic E-state index is -0.0718. The second kappa shape index (κ2) is 5.41. The zero-order chi connectivity index (χ0) is 10.6. The van der Waals surface area contributed by atoms with Gasteiger partial charge in [0, 0.05) is 22.0 Å². The lowest BCUT2D eigenvalue weighted by Gasteiger charge is -2.09. The molecule has 0 aliphatic heterocycles. The minimum Gasteiger partial charge on any atom is -0.323 e. The van der Waals surface area contributed by atoms with Gasteiger partial charge in [0.15, 0.2) is 0 Å². The van der Waals surface area contributed by atoms with Crippen LogP contribution in [0.4, 0.5) is 0 Å². The van der Waals surface area contributed by atoms with Crippen molar-refractivity contribution < 1.29 is 0 Å². The summed E-state index contributed by atoms with van der Waals surface area (Å²) in [6.07, 6.45) is 0.656. The molecule has 1 aromatic rings. The summed E-state index contributed by atoms with van der Waals surface area (Å²) in [5.74, 6) is 5.77. The molecule has 1 unspecified atom stereocenters. The summed E-state index contributed by atoms with van der Waals surface area (Å²) in [7, 11) is 0. The second-order valence-electron chi connectivity index (χ2n) is 2.94. The highest BCUT2D eigenvalue weighted by molar-refractivity contribution is 9.10. The predicted molar refractivity (Wildman–Crippen MR) is 64.1 cm³/mol. The Hall–Kier alpha value is -0.490. The Morgan fingerprint density at radius 2 is 2.21 bits per heavy atom. The summed E-state index contributed by atoms with van der Waals surface area (Å²) >= 11 is 9.28. The summed E-state index contributed by atoms with van der Waals surface area (Å²) in [5.41, 5.74) is 6.94. The maximum Gasteiger partial charge on any atom is 0.0420 e. The Bertz CT molecular complexity index is 358. The van der Waals surface area contributed by atoms with E-state index < -0.39 is 0 Å². The molecule has 0 aliphatic carbocycles. The Morgan fingerprint density at radius 3 is 2.79 bits per heavy atom. The van der Waals surface area contributed by atoms with Gasteiger partial charge in [0.05, 0.1) is 0 Å². The van der Waals surface area contributed by atoms with E-state index in [1.165, 1.54) is 0 Å². The van der Waals surface area contributed by atoms with Crippen LogP contribution in [0, 0.1) is 11.8 Å². The van der Waals surface area contributed by atoms with Crippen LogP contribution in [0.3, 0.4) is 0 Å². The van der Waals surface area contributed by atoms with Crippen LogP contribution in [-0.4, -0.2) is 0 Å². The molecule has 74 valence electrons. The van der Waals surface area contributed by atoms with Gasteiger partial charge in [-0.05, 0) is 30.7 Å². The summed E-state index contributed by atoms with van der Waals surface area (Å²) in [6, 6.07) is 5.60. The molecule has 0 aliphatic rings. The summed E-state index contributed by atoms with van der Waals surface area (Å²) in [4.78, 5) is 0. The normalized spacial score (nSPS) is 11.7. The summed E-state index contributed by atoms with van der Waals surface area (Å²) in [6.45, 7) is 1.81. The molecule has 0 bridgehead atoms. The fourth-order valence-corrected chi connectivity index (χ4v) is 2.01. The molecule has 0 saturated carbocycles. The zero-order valence-corrected chi connectivity index (χ0v) is 10.2. The van der Waals surface area contributed by atoms with Crippen LogP contribution in [0.1, 0.15) is 24.9 Å². The van der Waals surface area contributed by atoms with Gasteiger partial charge in [-0.1, -0.05) is 27.5 Å². The maximum absolute atomic E-state index is 5.94. The van der Waals surface area contributed by atoms with Crippen molar-refractivity contribution >= 4 is 27.5 Å². The third kappa shape index (κ3) is 3.34. The van der Waals surface area contributed by atoms with Gasteiger partial charge < -0.3 is 5.73 Å². The van der Waals surface area contributed by atoms with Crippen LogP contribution in [0.2, 0.25) is 5.02 Å². The molecule has 2 N–H and O–H groups in total. The lowest BCUT2D eigenvalue weighted by Crippen LogP contribution is -2.09. The Kier molecular flexibility index (Phi) is 4.47. The lowest BCUT2D eigenvalue weighted by molar-refractivity contribution is 0.753. The topological polar surface area (TPSA) is 26.0 Å². The van der Waals surface area contributed by atoms with E-state index in [2.05, 4.69) is 27.8 Å². The quantitative estimate of drug-likeness (QED) is 0.819. The molecule has 1 atom stereocenters. The number of hydrogen-bond donors (Lipinski definition) is 1. The molecule has 14 heavy (non-hydrogen) atoms. The molecule has 0 saturated heterocycles. The molecule has 0 aromatic heterocycles. The first-order chi connectivity index (χ1) is 6.63. The van der Waals surface area contributed by atoms with E-state index in [1.807, 2.05) is 18.2 Å². The van der Waals surface area contributed by atoms with E-state index in [9.17, 15) is 0 Å². The number of halogens is 2. The van der Waals surface area contributed by atoms with E-state index >= 15 is 0 Å². The summed E-state index contributed by atoms with van der Waals surface area (Å²) in [5, 5.41) is 0.689. The van der Waals surface area contributed by atoms with Crippen LogP contribution >= 0.6 is 27.5 Å². The predicted octanol–water partition coefficient (Wildman–Crippen LogP) is 3.52. The van der Waals surface area contributed by atoms with Crippen molar-refractivity contribution in [3.63, 3.8) is 0 Å². The van der Waals surface area contributed by atoms with E-state index in [0.29, 0.717) is 11.4 Å². The minimum absolute atomic E-state index is 0.0718. The van der Waals surface area contributed by atoms with Gasteiger partial charge >= 0.3 is 0 Å². The average Bonchev–Trinajstić information content (AvgIpc) is 2.12. The monoisotopic (exact) mass is 271 g/mol. The van der Waals surface area contributed by atoms with Crippen molar-refractivity contribution in [2.75, 3.05) is 0 Å². The van der Waals surface area contributed by atoms with Crippen LogP contribution < -0.4 is 5.73 Å². The van der Waals surface area contributed by atoms with Gasteiger partial charge in [0.25, 0.3) is 0 Å². The summed E-state index contributed by atoms with van der Waals surface area (Å²) < 4.78 is 0.944. The van der Waals surface area contributed by atoms with E-state index in [4.69, 9.17) is 17.3 Å². The first kappa shape index (κ1) is 11.6. The third-order valence-corrected chi connectivity index (χ3v) is 2.49. The van der Waals surface area contributed by atoms with Crippen molar-refractivity contribution in [1.29, 1.82) is 0 Å². The molecule has 0 spiro atoms. The Labute approximate surface area is 97.8 Å². The van der Waals surface area contributed by atoms with Crippen molar-refractivity contribution in [3.05, 3.63) is 33.3 Å². The largest absolute Gasteiger partial charge is 0.323 e. The fourth-order valence-electron chi connectivity index (χ4n) is 1.12. The number of benzene rings is 1. The van der Waals surface area contributed by atoms with Crippen molar-refractivity contribution in [3.8, 4) is 11.8 Å². The van der Waals surface area contributed by atoms with E-state index in [0.717, 1.165) is 10.0 Å². The molecule has 0 fully saturated rings. The zero-order valence-electron chi connectivity index (χ0n) is 7.85. The van der Waals surface area contributed by atoms with Gasteiger partial charge in [0.2, 0.25) is 0 Å². The van der Waals surface area contributed by atoms with Gasteiger partial charge in [-0.15, -0.1) is 11.8 Å². The number of rotatable bonds is 2. The van der Waals surface area contributed by atoms with Gasteiger partial charge in [-0.3, -0.25) is 0 Å². The van der Waals surface area contributed by atoms with Gasteiger partial charge in [-0.25, -0.2) is 0 Å². The highest BCUT2D eigenvalue weighted by Crippen LogP contribution is 2.23. The molecular weight excluding hydrogens is 261 g/mol. The van der Waals surface area contributed by atoms with Crippen molar-refractivity contribution in [1.82, 2.24) is 0 Å². The molecule has 1 rings (SSSR count). The standard InChI is InChI=1S/C11H11BrClN/c1-2-3-4-11(14)8-5-9(12)7-10(13)6-8/h5-7,11H,4,14H2,1H3. The SMILES string of the molecule is CC#CCC(N)c1cc(Cl)cc(Br)c1.